The first-order valence-electron chi connectivity index (χ1n) is 7.62. The van der Waals surface area contributed by atoms with Gasteiger partial charge in [-0.2, -0.15) is 0 Å². The number of rotatable bonds is 3. The average molecular weight is 240 g/mol. The topological polar surface area (TPSA) is 29.5 Å². The van der Waals surface area contributed by atoms with E-state index in [1.165, 1.54) is 44.9 Å². The SMILES string of the molecule is OC(CC1CCOCC1)C1CCCCCCC1. The van der Waals surface area contributed by atoms with Crippen molar-refractivity contribution in [1.29, 1.82) is 0 Å². The van der Waals surface area contributed by atoms with Crippen LogP contribution in [0.3, 0.4) is 0 Å². The number of hydrogen-bond donors (Lipinski definition) is 1. The van der Waals surface area contributed by atoms with Crippen molar-refractivity contribution in [2.24, 2.45) is 11.8 Å². The van der Waals surface area contributed by atoms with E-state index in [9.17, 15) is 5.11 Å². The van der Waals surface area contributed by atoms with Gasteiger partial charge in [0.05, 0.1) is 6.10 Å². The molecule has 1 saturated carbocycles. The fraction of sp³-hybridized carbons (Fsp3) is 1.00. The molecule has 0 aromatic heterocycles. The molecule has 1 aliphatic heterocycles. The van der Waals surface area contributed by atoms with Crippen molar-refractivity contribution in [1.82, 2.24) is 0 Å². The molecule has 1 N–H and O–H groups in total. The second-order valence-corrected chi connectivity index (χ2v) is 5.96. The maximum atomic E-state index is 10.4. The zero-order valence-corrected chi connectivity index (χ0v) is 11.1. The molecule has 0 aromatic carbocycles. The van der Waals surface area contributed by atoms with Crippen LogP contribution in [0.25, 0.3) is 0 Å². The number of ether oxygens (including phenoxy) is 1. The van der Waals surface area contributed by atoms with Crippen LogP contribution in [0.1, 0.15) is 64.2 Å². The second-order valence-electron chi connectivity index (χ2n) is 5.96. The van der Waals surface area contributed by atoms with E-state index < -0.39 is 0 Å². The molecule has 1 heterocycles. The molecule has 100 valence electrons. The van der Waals surface area contributed by atoms with E-state index in [-0.39, 0.29) is 6.10 Å². The predicted molar refractivity (Wildman–Crippen MR) is 70.0 cm³/mol. The molecule has 0 aromatic rings. The Kier molecular flexibility index (Phi) is 5.79. The summed E-state index contributed by atoms with van der Waals surface area (Å²) in [7, 11) is 0. The third kappa shape index (κ3) is 4.59. The first kappa shape index (κ1) is 13.4. The Labute approximate surface area is 106 Å². The molecule has 2 fully saturated rings. The van der Waals surface area contributed by atoms with Gasteiger partial charge in [0.1, 0.15) is 0 Å². The molecule has 1 atom stereocenters. The Hall–Kier alpha value is -0.0800. The van der Waals surface area contributed by atoms with Gasteiger partial charge in [0.2, 0.25) is 0 Å². The maximum absolute atomic E-state index is 10.4. The van der Waals surface area contributed by atoms with Gasteiger partial charge in [0, 0.05) is 13.2 Å². The summed E-state index contributed by atoms with van der Waals surface area (Å²) in [6.07, 6.45) is 12.6. The predicted octanol–water partition coefficient (Wildman–Crippen LogP) is 3.52. The van der Waals surface area contributed by atoms with Crippen molar-refractivity contribution >= 4 is 0 Å². The van der Waals surface area contributed by atoms with Crippen molar-refractivity contribution in [3.05, 3.63) is 0 Å². The molecule has 2 aliphatic rings. The largest absolute Gasteiger partial charge is 0.393 e. The number of aliphatic hydroxyl groups is 1. The normalized spacial score (nSPS) is 27.4. The van der Waals surface area contributed by atoms with Crippen LogP contribution in [0.4, 0.5) is 0 Å². The fourth-order valence-electron chi connectivity index (χ4n) is 3.39. The van der Waals surface area contributed by atoms with E-state index in [2.05, 4.69) is 0 Å². The Morgan fingerprint density at radius 3 is 2.12 bits per heavy atom. The summed E-state index contributed by atoms with van der Waals surface area (Å²) in [6, 6.07) is 0. The van der Waals surface area contributed by atoms with Crippen molar-refractivity contribution in [3.63, 3.8) is 0 Å². The summed E-state index contributed by atoms with van der Waals surface area (Å²) in [4.78, 5) is 0. The van der Waals surface area contributed by atoms with Gasteiger partial charge in [-0.25, -0.2) is 0 Å². The van der Waals surface area contributed by atoms with E-state index >= 15 is 0 Å². The molecule has 2 heteroatoms. The summed E-state index contributed by atoms with van der Waals surface area (Å²) in [5.41, 5.74) is 0. The van der Waals surface area contributed by atoms with Gasteiger partial charge in [-0.15, -0.1) is 0 Å². The number of hydrogen-bond acceptors (Lipinski definition) is 2. The van der Waals surface area contributed by atoms with E-state index in [1.54, 1.807) is 0 Å². The zero-order chi connectivity index (χ0) is 11.9. The molecule has 2 rings (SSSR count). The molecule has 1 unspecified atom stereocenters. The summed E-state index contributed by atoms with van der Waals surface area (Å²) in [5.74, 6) is 1.29. The zero-order valence-electron chi connectivity index (χ0n) is 11.1. The van der Waals surface area contributed by atoms with E-state index in [1.807, 2.05) is 0 Å². The van der Waals surface area contributed by atoms with Crippen LogP contribution < -0.4 is 0 Å². The van der Waals surface area contributed by atoms with Gasteiger partial charge in [-0.1, -0.05) is 32.1 Å². The monoisotopic (exact) mass is 240 g/mol. The first-order valence-corrected chi connectivity index (χ1v) is 7.62. The molecule has 17 heavy (non-hydrogen) atoms. The van der Waals surface area contributed by atoms with Crippen molar-refractivity contribution < 1.29 is 9.84 Å². The minimum absolute atomic E-state index is 0.0452. The molecular formula is C15H28O2. The van der Waals surface area contributed by atoms with Crippen LogP contribution in [-0.2, 0) is 4.74 Å². The van der Waals surface area contributed by atoms with Crippen molar-refractivity contribution in [2.45, 2.75) is 70.3 Å². The molecule has 2 nitrogen and oxygen atoms in total. The molecular weight excluding hydrogens is 212 g/mol. The standard InChI is InChI=1S/C15H28O2/c16-15(12-13-8-10-17-11-9-13)14-6-4-2-1-3-5-7-14/h13-16H,1-12H2. The first-order chi connectivity index (χ1) is 8.36. The molecule has 0 amide bonds. The van der Waals surface area contributed by atoms with E-state index in [0.29, 0.717) is 11.8 Å². The Balaban J connectivity index is 1.74. The van der Waals surface area contributed by atoms with Gasteiger partial charge in [-0.05, 0) is 43.9 Å². The van der Waals surface area contributed by atoms with Crippen molar-refractivity contribution in [3.8, 4) is 0 Å². The van der Waals surface area contributed by atoms with E-state index in [0.717, 1.165) is 32.5 Å². The Morgan fingerprint density at radius 2 is 1.47 bits per heavy atom. The lowest BCUT2D eigenvalue weighted by atomic mass is 9.82. The average Bonchev–Trinajstić information content (AvgIpc) is 2.29. The van der Waals surface area contributed by atoms with Crippen LogP contribution in [0.15, 0.2) is 0 Å². The summed E-state index contributed by atoms with van der Waals surface area (Å²) >= 11 is 0. The van der Waals surface area contributed by atoms with Gasteiger partial charge in [0.15, 0.2) is 0 Å². The summed E-state index contributed by atoms with van der Waals surface area (Å²) < 4.78 is 5.38. The van der Waals surface area contributed by atoms with Crippen LogP contribution in [0.5, 0.6) is 0 Å². The minimum atomic E-state index is -0.0452. The van der Waals surface area contributed by atoms with Gasteiger partial charge in [-0.3, -0.25) is 0 Å². The van der Waals surface area contributed by atoms with Gasteiger partial charge >= 0.3 is 0 Å². The lowest BCUT2D eigenvalue weighted by Crippen LogP contribution is -2.27. The molecule has 1 saturated heterocycles. The Bertz CT molecular complexity index is 191. The van der Waals surface area contributed by atoms with Crippen LogP contribution >= 0.6 is 0 Å². The molecule has 0 spiro atoms. The second kappa shape index (κ2) is 7.38. The van der Waals surface area contributed by atoms with Gasteiger partial charge in [0.25, 0.3) is 0 Å². The van der Waals surface area contributed by atoms with E-state index in [4.69, 9.17) is 4.74 Å². The van der Waals surface area contributed by atoms with Crippen LogP contribution in [-0.4, -0.2) is 24.4 Å². The maximum Gasteiger partial charge on any atom is 0.0571 e. The third-order valence-electron chi connectivity index (χ3n) is 4.61. The Morgan fingerprint density at radius 1 is 0.882 bits per heavy atom. The van der Waals surface area contributed by atoms with Crippen LogP contribution in [0.2, 0.25) is 0 Å². The highest BCUT2D eigenvalue weighted by Crippen LogP contribution is 2.30. The highest BCUT2D eigenvalue weighted by molar-refractivity contribution is 4.75. The summed E-state index contributed by atoms with van der Waals surface area (Å²) in [6.45, 7) is 1.81. The summed E-state index contributed by atoms with van der Waals surface area (Å²) in [5, 5.41) is 10.4. The van der Waals surface area contributed by atoms with Crippen LogP contribution in [0, 0.1) is 11.8 Å². The van der Waals surface area contributed by atoms with Gasteiger partial charge < -0.3 is 9.84 Å². The fourth-order valence-corrected chi connectivity index (χ4v) is 3.39. The number of aliphatic hydroxyl groups excluding tert-OH is 1. The van der Waals surface area contributed by atoms with Crippen molar-refractivity contribution in [2.75, 3.05) is 13.2 Å². The molecule has 1 aliphatic carbocycles. The highest BCUT2D eigenvalue weighted by Gasteiger charge is 2.24. The third-order valence-corrected chi connectivity index (χ3v) is 4.61. The smallest absolute Gasteiger partial charge is 0.0571 e. The lowest BCUT2D eigenvalue weighted by Gasteiger charge is -2.29. The molecule has 0 bridgehead atoms. The minimum Gasteiger partial charge on any atom is -0.393 e. The lowest BCUT2D eigenvalue weighted by molar-refractivity contribution is 0.0225. The quantitative estimate of drug-likeness (QED) is 0.818. The molecule has 0 radical (unpaired) electrons. The highest BCUT2D eigenvalue weighted by atomic mass is 16.5.